The predicted molar refractivity (Wildman–Crippen MR) is 124 cm³/mol. The van der Waals surface area contributed by atoms with Crippen molar-refractivity contribution in [1.29, 1.82) is 0 Å². The summed E-state index contributed by atoms with van der Waals surface area (Å²) in [5.74, 6) is 0.689. The fraction of sp³-hybridized carbons (Fsp3) is 0.231. The first-order chi connectivity index (χ1) is 15.3. The van der Waals surface area contributed by atoms with Crippen LogP contribution < -0.4 is 9.47 Å². The number of carbonyl (C=O) groups is 2. The Hall–Kier alpha value is -2.82. The third-order valence-electron chi connectivity index (χ3n) is 6.90. The van der Waals surface area contributed by atoms with Crippen LogP contribution in [0.4, 0.5) is 0 Å². The fourth-order valence-electron chi connectivity index (χ4n) is 5.25. The second-order valence-corrected chi connectivity index (χ2v) is 9.41. The molecule has 162 valence electrons. The Balaban J connectivity index is 1.78. The van der Waals surface area contributed by atoms with E-state index in [4.69, 9.17) is 32.7 Å². The summed E-state index contributed by atoms with van der Waals surface area (Å²) in [7, 11) is 3.18. The summed E-state index contributed by atoms with van der Waals surface area (Å²) in [6, 6.07) is 21.5. The van der Waals surface area contributed by atoms with Crippen molar-refractivity contribution in [2.75, 3.05) is 14.2 Å². The van der Waals surface area contributed by atoms with E-state index in [1.165, 1.54) is 0 Å². The van der Waals surface area contributed by atoms with Crippen LogP contribution in [0.3, 0.4) is 0 Å². The van der Waals surface area contributed by atoms with Gasteiger partial charge in [-0.1, -0.05) is 48.5 Å². The van der Waals surface area contributed by atoms with Crippen LogP contribution >= 0.6 is 23.2 Å². The number of hydrogen-bond donors (Lipinski definition) is 0. The molecule has 2 atom stereocenters. The first-order valence-corrected chi connectivity index (χ1v) is 10.9. The first-order valence-electron chi connectivity index (χ1n) is 10.2. The largest absolute Gasteiger partial charge is 0.497 e. The smallest absolute Gasteiger partial charge is 0.188 e. The maximum atomic E-state index is 13.9. The van der Waals surface area contributed by atoms with Gasteiger partial charge in [0.05, 0.1) is 19.6 Å². The van der Waals surface area contributed by atoms with Gasteiger partial charge < -0.3 is 9.47 Å². The molecule has 0 spiro atoms. The summed E-state index contributed by atoms with van der Waals surface area (Å²) < 4.78 is 10.6. The van der Waals surface area contributed by atoms with Crippen LogP contribution in [-0.4, -0.2) is 35.5 Å². The Kier molecular flexibility index (Phi) is 4.66. The van der Waals surface area contributed by atoms with Crippen molar-refractivity contribution in [1.82, 2.24) is 0 Å². The van der Waals surface area contributed by atoms with Gasteiger partial charge in [-0.05, 0) is 41.8 Å². The maximum absolute atomic E-state index is 13.9. The number of carbonyl (C=O) groups excluding carboxylic acids is 2. The number of fused-ring (bicyclic) bond motifs is 2. The third-order valence-corrected chi connectivity index (χ3v) is 8.40. The molecule has 2 aliphatic carbocycles. The highest BCUT2D eigenvalue weighted by Gasteiger charge is 2.81. The number of benzene rings is 3. The number of rotatable bonds is 4. The zero-order valence-corrected chi connectivity index (χ0v) is 19.0. The molecule has 0 radical (unpaired) electrons. The van der Waals surface area contributed by atoms with Gasteiger partial charge in [0, 0.05) is 11.1 Å². The average molecular weight is 467 g/mol. The molecule has 0 N–H and O–H groups in total. The van der Waals surface area contributed by atoms with E-state index in [-0.39, 0.29) is 18.0 Å². The second-order valence-electron chi connectivity index (χ2n) is 8.20. The average Bonchev–Trinajstić information content (AvgIpc) is 2.85. The molecule has 3 aromatic carbocycles. The van der Waals surface area contributed by atoms with Gasteiger partial charge in [0.1, 0.15) is 21.2 Å². The fourth-order valence-corrected chi connectivity index (χ4v) is 6.34. The molecule has 4 nitrogen and oxygen atoms in total. The zero-order valence-electron chi connectivity index (χ0n) is 17.5. The summed E-state index contributed by atoms with van der Waals surface area (Å²) in [6.45, 7) is 0. The van der Waals surface area contributed by atoms with E-state index in [9.17, 15) is 9.59 Å². The van der Waals surface area contributed by atoms with E-state index in [2.05, 4.69) is 0 Å². The van der Waals surface area contributed by atoms with Gasteiger partial charge in [0.15, 0.2) is 11.6 Å². The third kappa shape index (κ3) is 2.40. The van der Waals surface area contributed by atoms with E-state index in [1.54, 1.807) is 38.5 Å². The summed E-state index contributed by atoms with van der Waals surface area (Å²) >= 11 is 14.3. The minimum atomic E-state index is -1.70. The Morgan fingerprint density at radius 2 is 1.12 bits per heavy atom. The van der Waals surface area contributed by atoms with Gasteiger partial charge in [-0.3, -0.25) is 9.59 Å². The van der Waals surface area contributed by atoms with Gasteiger partial charge in [-0.25, -0.2) is 0 Å². The SMILES string of the molecule is COc1ccc(C2(c3ccc(OC)cc3)CC3(Cl)C(=O)c4ccccc4C(=O)C32Cl)cc1. The molecule has 0 bridgehead atoms. The molecule has 0 amide bonds. The molecule has 0 saturated heterocycles. The van der Waals surface area contributed by atoms with E-state index >= 15 is 0 Å². The molecule has 32 heavy (non-hydrogen) atoms. The van der Waals surface area contributed by atoms with Gasteiger partial charge in [0.2, 0.25) is 0 Å². The molecule has 0 aliphatic heterocycles. The van der Waals surface area contributed by atoms with Crippen molar-refractivity contribution in [3.8, 4) is 11.5 Å². The Bertz CT molecular complexity index is 1190. The minimum Gasteiger partial charge on any atom is -0.497 e. The predicted octanol–water partition coefficient (Wildman–Crippen LogP) is 5.43. The van der Waals surface area contributed by atoms with Crippen LogP contribution in [-0.2, 0) is 5.41 Å². The molecule has 3 aromatic rings. The first kappa shape index (κ1) is 21.0. The van der Waals surface area contributed by atoms with Crippen LogP contribution in [0.2, 0.25) is 0 Å². The van der Waals surface area contributed by atoms with E-state index in [1.807, 2.05) is 48.5 Å². The molecule has 6 heteroatoms. The van der Waals surface area contributed by atoms with Crippen LogP contribution in [0, 0.1) is 0 Å². The van der Waals surface area contributed by atoms with Gasteiger partial charge in [-0.2, -0.15) is 0 Å². The van der Waals surface area contributed by atoms with Crippen LogP contribution in [0.15, 0.2) is 72.8 Å². The Morgan fingerprint density at radius 1 is 0.688 bits per heavy atom. The lowest BCUT2D eigenvalue weighted by atomic mass is 9.42. The molecule has 1 saturated carbocycles. The Labute approximate surface area is 196 Å². The molecule has 0 heterocycles. The number of ether oxygens (including phenoxy) is 2. The topological polar surface area (TPSA) is 52.6 Å². The van der Waals surface area contributed by atoms with Crippen LogP contribution in [0.1, 0.15) is 38.3 Å². The van der Waals surface area contributed by atoms with E-state index in [0.717, 1.165) is 11.1 Å². The van der Waals surface area contributed by atoms with Crippen molar-refractivity contribution in [2.24, 2.45) is 0 Å². The highest BCUT2D eigenvalue weighted by atomic mass is 35.5. The summed E-state index contributed by atoms with van der Waals surface area (Å²) in [5.41, 5.74) is 1.18. The zero-order chi connectivity index (χ0) is 22.7. The van der Waals surface area contributed by atoms with Crippen LogP contribution in [0.5, 0.6) is 11.5 Å². The normalized spacial score (nSPS) is 25.4. The minimum absolute atomic E-state index is 0.183. The van der Waals surface area contributed by atoms with Crippen molar-refractivity contribution in [3.05, 3.63) is 95.1 Å². The lowest BCUT2D eigenvalue weighted by Gasteiger charge is -2.65. The molecule has 2 aliphatic rings. The molecule has 2 unspecified atom stereocenters. The van der Waals surface area contributed by atoms with E-state index < -0.39 is 15.2 Å². The molecular weight excluding hydrogens is 447 g/mol. The number of methoxy groups -OCH3 is 2. The summed E-state index contributed by atoms with van der Waals surface area (Å²) in [4.78, 5) is 24.2. The summed E-state index contributed by atoms with van der Waals surface area (Å²) in [5, 5.41) is 0. The monoisotopic (exact) mass is 466 g/mol. The molecule has 1 fully saturated rings. The lowest BCUT2D eigenvalue weighted by molar-refractivity contribution is 0.0510. The van der Waals surface area contributed by atoms with Crippen molar-refractivity contribution < 1.29 is 19.1 Å². The van der Waals surface area contributed by atoms with Crippen molar-refractivity contribution in [3.63, 3.8) is 0 Å². The van der Waals surface area contributed by atoms with Crippen LogP contribution in [0.25, 0.3) is 0 Å². The van der Waals surface area contributed by atoms with Gasteiger partial charge >= 0.3 is 0 Å². The second kappa shape index (κ2) is 7.09. The van der Waals surface area contributed by atoms with Gasteiger partial charge in [0.25, 0.3) is 0 Å². The number of hydrogen-bond acceptors (Lipinski definition) is 4. The van der Waals surface area contributed by atoms with Crippen molar-refractivity contribution >= 4 is 34.8 Å². The van der Waals surface area contributed by atoms with Crippen molar-refractivity contribution in [2.45, 2.75) is 21.6 Å². The highest BCUT2D eigenvalue weighted by molar-refractivity contribution is 6.57. The highest BCUT2D eigenvalue weighted by Crippen LogP contribution is 2.70. The number of alkyl halides is 2. The Morgan fingerprint density at radius 3 is 1.56 bits per heavy atom. The van der Waals surface area contributed by atoms with Gasteiger partial charge in [-0.15, -0.1) is 23.2 Å². The molecular formula is C26H20Cl2O4. The quantitative estimate of drug-likeness (QED) is 0.481. The number of ketones is 2. The lowest BCUT2D eigenvalue weighted by Crippen LogP contribution is -2.80. The maximum Gasteiger partial charge on any atom is 0.188 e. The number of halogens is 2. The molecule has 0 aromatic heterocycles. The molecule has 5 rings (SSSR count). The summed E-state index contributed by atoms with van der Waals surface area (Å²) in [6.07, 6.45) is 0.183. The number of Topliss-reactive ketones (excluding diaryl/α,β-unsaturated/α-hetero) is 2. The standard InChI is InChI=1S/C26H20Cl2O4/c1-31-18-11-7-16(8-12-18)24(17-9-13-19(32-2)14-10-17)15-25(27)22(29)20-5-3-4-6-21(20)23(30)26(24,25)28/h3-14H,15H2,1-2H3. The van der Waals surface area contributed by atoms with E-state index in [0.29, 0.717) is 22.6 Å².